The second kappa shape index (κ2) is 8.95. The number of halogens is 3. The fraction of sp³-hybridized carbons (Fsp3) is 0.538. The van der Waals surface area contributed by atoms with Crippen molar-refractivity contribution in [2.75, 3.05) is 19.6 Å². The summed E-state index contributed by atoms with van der Waals surface area (Å²) in [5.74, 6) is 0.628. The summed E-state index contributed by atoms with van der Waals surface area (Å²) >= 11 is 0. The third-order valence-corrected chi connectivity index (χ3v) is 6.41. The van der Waals surface area contributed by atoms with E-state index in [4.69, 9.17) is 0 Å². The lowest BCUT2D eigenvalue weighted by atomic mass is 9.80. The fourth-order valence-corrected chi connectivity index (χ4v) is 4.57. The van der Waals surface area contributed by atoms with Gasteiger partial charge in [0.2, 0.25) is 0 Å². The van der Waals surface area contributed by atoms with Gasteiger partial charge < -0.3 is 10.0 Å². The van der Waals surface area contributed by atoms with Crippen molar-refractivity contribution in [1.82, 2.24) is 4.90 Å². The molecule has 170 valence electrons. The zero-order valence-corrected chi connectivity index (χ0v) is 19.0. The molecule has 31 heavy (non-hydrogen) atoms. The Balaban J connectivity index is 1.64. The van der Waals surface area contributed by atoms with Gasteiger partial charge in [0.1, 0.15) is 0 Å². The molecule has 1 aliphatic rings. The van der Waals surface area contributed by atoms with Gasteiger partial charge in [0.15, 0.2) is 0 Å². The van der Waals surface area contributed by atoms with Crippen LogP contribution in [0.5, 0.6) is 0 Å². The van der Waals surface area contributed by atoms with Crippen molar-refractivity contribution >= 4 is 0 Å². The number of hydrogen-bond acceptors (Lipinski definition) is 2. The number of aliphatic hydroxyl groups is 1. The Labute approximate surface area is 184 Å². The molecule has 1 fully saturated rings. The molecule has 0 spiro atoms. The lowest BCUT2D eigenvalue weighted by Gasteiger charge is -2.41. The Bertz CT molecular complexity index is 863. The van der Waals surface area contributed by atoms with Gasteiger partial charge in [0, 0.05) is 25.0 Å². The molecule has 5 heteroatoms. The van der Waals surface area contributed by atoms with Crippen molar-refractivity contribution < 1.29 is 18.3 Å². The lowest BCUT2D eigenvalue weighted by molar-refractivity contribution is -0.137. The molecule has 1 saturated heterocycles. The minimum atomic E-state index is -4.40. The SMILES string of the molecule is CC(C)Cc1ccc(C(C)(C)CN2CCC(O)(c3cccc(C(F)(F)F)c3)CC2)cc1. The van der Waals surface area contributed by atoms with E-state index in [1.54, 1.807) is 6.07 Å². The van der Waals surface area contributed by atoms with Crippen molar-refractivity contribution in [2.45, 2.75) is 64.1 Å². The van der Waals surface area contributed by atoms with E-state index in [1.165, 1.54) is 17.2 Å². The van der Waals surface area contributed by atoms with E-state index in [2.05, 4.69) is 56.9 Å². The Morgan fingerprint density at radius 3 is 2.13 bits per heavy atom. The van der Waals surface area contributed by atoms with Crippen LogP contribution < -0.4 is 0 Å². The van der Waals surface area contributed by atoms with Crippen LogP contribution >= 0.6 is 0 Å². The Kier molecular flexibility index (Phi) is 6.87. The second-order valence-electron chi connectivity index (χ2n) is 10.1. The molecule has 2 nitrogen and oxygen atoms in total. The molecule has 0 bridgehead atoms. The molecule has 0 atom stereocenters. The van der Waals surface area contributed by atoms with Crippen LogP contribution in [-0.4, -0.2) is 29.6 Å². The third kappa shape index (κ3) is 5.89. The second-order valence-corrected chi connectivity index (χ2v) is 10.1. The van der Waals surface area contributed by atoms with Crippen molar-refractivity contribution in [1.29, 1.82) is 0 Å². The predicted octanol–water partition coefficient (Wildman–Crippen LogP) is 6.17. The van der Waals surface area contributed by atoms with Crippen LogP contribution in [0.4, 0.5) is 13.2 Å². The molecule has 0 aromatic heterocycles. The lowest BCUT2D eigenvalue weighted by Crippen LogP contribution is -2.46. The quantitative estimate of drug-likeness (QED) is 0.589. The maximum Gasteiger partial charge on any atom is 0.416 e. The Morgan fingerprint density at radius 1 is 0.968 bits per heavy atom. The first-order valence-corrected chi connectivity index (χ1v) is 11.1. The fourth-order valence-electron chi connectivity index (χ4n) is 4.57. The molecule has 2 aromatic carbocycles. The van der Waals surface area contributed by atoms with Gasteiger partial charge in [-0.2, -0.15) is 13.2 Å². The molecular formula is C26H34F3NO. The van der Waals surface area contributed by atoms with E-state index in [0.29, 0.717) is 37.4 Å². The van der Waals surface area contributed by atoms with Crippen molar-refractivity contribution in [3.05, 3.63) is 70.8 Å². The summed E-state index contributed by atoms with van der Waals surface area (Å²) < 4.78 is 39.2. The van der Waals surface area contributed by atoms with Crippen LogP contribution in [0, 0.1) is 5.92 Å². The van der Waals surface area contributed by atoms with Gasteiger partial charge in [0.25, 0.3) is 0 Å². The molecule has 0 radical (unpaired) electrons. The van der Waals surface area contributed by atoms with Gasteiger partial charge in [-0.25, -0.2) is 0 Å². The zero-order valence-electron chi connectivity index (χ0n) is 19.0. The number of rotatable bonds is 6. The normalized spacial score (nSPS) is 17.8. The maximum absolute atomic E-state index is 13.1. The maximum atomic E-state index is 13.1. The smallest absolute Gasteiger partial charge is 0.385 e. The first kappa shape index (κ1) is 23.8. The average molecular weight is 434 g/mol. The van der Waals surface area contributed by atoms with Gasteiger partial charge in [-0.3, -0.25) is 0 Å². The van der Waals surface area contributed by atoms with E-state index >= 15 is 0 Å². The molecular weight excluding hydrogens is 399 g/mol. The zero-order chi connectivity index (χ0) is 22.9. The highest BCUT2D eigenvalue weighted by Crippen LogP contribution is 2.37. The van der Waals surface area contributed by atoms with E-state index in [-0.39, 0.29) is 5.41 Å². The summed E-state index contributed by atoms with van der Waals surface area (Å²) in [6.45, 7) is 11.0. The standard InChI is InChI=1S/C26H34F3NO/c1-19(2)16-20-8-10-21(11-9-20)24(3,4)18-30-14-12-25(31,13-15-30)22-6-5-7-23(17-22)26(27,28)29/h5-11,17,19,31H,12-16,18H2,1-4H3. The van der Waals surface area contributed by atoms with Gasteiger partial charge >= 0.3 is 6.18 Å². The van der Waals surface area contributed by atoms with Gasteiger partial charge in [-0.1, -0.05) is 64.1 Å². The molecule has 0 unspecified atom stereocenters. The number of hydrogen-bond donors (Lipinski definition) is 1. The van der Waals surface area contributed by atoms with Gasteiger partial charge in [0.05, 0.1) is 11.2 Å². The highest BCUT2D eigenvalue weighted by molar-refractivity contribution is 5.31. The average Bonchev–Trinajstić information content (AvgIpc) is 2.69. The Morgan fingerprint density at radius 2 is 1.58 bits per heavy atom. The van der Waals surface area contributed by atoms with Crippen molar-refractivity contribution in [2.24, 2.45) is 5.92 Å². The summed E-state index contributed by atoms with van der Waals surface area (Å²) in [6, 6.07) is 14.0. The van der Waals surface area contributed by atoms with Crippen LogP contribution in [-0.2, 0) is 23.6 Å². The van der Waals surface area contributed by atoms with Crippen LogP contribution in [0.15, 0.2) is 48.5 Å². The topological polar surface area (TPSA) is 23.5 Å². The van der Waals surface area contributed by atoms with Crippen molar-refractivity contribution in [3.63, 3.8) is 0 Å². The van der Waals surface area contributed by atoms with Gasteiger partial charge in [-0.15, -0.1) is 0 Å². The summed E-state index contributed by atoms with van der Waals surface area (Å²) in [7, 11) is 0. The number of piperidine rings is 1. The molecule has 2 aromatic rings. The van der Waals surface area contributed by atoms with Crippen LogP contribution in [0.2, 0.25) is 0 Å². The predicted molar refractivity (Wildman–Crippen MR) is 119 cm³/mol. The minimum absolute atomic E-state index is 0.0536. The Hall–Kier alpha value is -1.85. The van der Waals surface area contributed by atoms with Crippen LogP contribution in [0.3, 0.4) is 0 Å². The minimum Gasteiger partial charge on any atom is -0.385 e. The number of nitrogens with zero attached hydrogens (tertiary/aromatic N) is 1. The van der Waals surface area contributed by atoms with Crippen molar-refractivity contribution in [3.8, 4) is 0 Å². The molecule has 1 N–H and O–H groups in total. The molecule has 1 aliphatic heterocycles. The number of likely N-dealkylation sites (tertiary alicyclic amines) is 1. The monoisotopic (exact) mass is 433 g/mol. The first-order valence-electron chi connectivity index (χ1n) is 11.1. The number of benzene rings is 2. The molecule has 0 saturated carbocycles. The van der Waals surface area contributed by atoms with E-state index in [1.807, 2.05) is 0 Å². The number of alkyl halides is 3. The van der Waals surface area contributed by atoms with E-state index < -0.39 is 17.3 Å². The highest BCUT2D eigenvalue weighted by Gasteiger charge is 2.38. The molecule has 0 aliphatic carbocycles. The first-order chi connectivity index (χ1) is 14.4. The van der Waals surface area contributed by atoms with Gasteiger partial charge in [-0.05, 0) is 54.0 Å². The largest absolute Gasteiger partial charge is 0.416 e. The van der Waals surface area contributed by atoms with Crippen LogP contribution in [0.1, 0.15) is 62.8 Å². The highest BCUT2D eigenvalue weighted by atomic mass is 19.4. The summed E-state index contributed by atoms with van der Waals surface area (Å²) in [6.07, 6.45) is -2.47. The van der Waals surface area contributed by atoms with Crippen LogP contribution in [0.25, 0.3) is 0 Å². The van der Waals surface area contributed by atoms with E-state index in [0.717, 1.165) is 25.1 Å². The molecule has 1 heterocycles. The summed E-state index contributed by atoms with van der Waals surface area (Å²) in [5, 5.41) is 11.1. The van der Waals surface area contributed by atoms with E-state index in [9.17, 15) is 18.3 Å². The third-order valence-electron chi connectivity index (χ3n) is 6.41. The molecule has 0 amide bonds. The summed E-state index contributed by atoms with van der Waals surface area (Å²) in [4.78, 5) is 2.31. The molecule has 3 rings (SSSR count). The summed E-state index contributed by atoms with van der Waals surface area (Å²) in [5.41, 5.74) is 1.02.